The van der Waals surface area contributed by atoms with Crippen molar-refractivity contribution in [1.29, 1.82) is 0 Å². The van der Waals surface area contributed by atoms with Crippen LogP contribution < -0.4 is 16.4 Å². The first-order valence-electron chi connectivity index (χ1n) is 8.90. The SMILES string of the molecule is CC1CC(Nc2nc(NC3(C)CC3)ncc2C(N)=O)CCC1(C)C. The molecule has 0 bridgehead atoms. The van der Waals surface area contributed by atoms with Gasteiger partial charge in [0.05, 0.1) is 5.56 Å². The van der Waals surface area contributed by atoms with E-state index in [1.807, 2.05) is 0 Å². The fraction of sp³-hybridized carbons (Fsp3) is 0.722. The van der Waals surface area contributed by atoms with Crippen LogP contribution in [0.1, 0.15) is 70.2 Å². The quantitative estimate of drug-likeness (QED) is 0.770. The van der Waals surface area contributed by atoms with Crippen molar-refractivity contribution in [1.82, 2.24) is 9.97 Å². The highest BCUT2D eigenvalue weighted by molar-refractivity contribution is 5.97. The molecular formula is C18H29N5O. The monoisotopic (exact) mass is 331 g/mol. The van der Waals surface area contributed by atoms with Gasteiger partial charge in [-0.25, -0.2) is 4.98 Å². The van der Waals surface area contributed by atoms with Gasteiger partial charge in [0, 0.05) is 17.8 Å². The van der Waals surface area contributed by atoms with Gasteiger partial charge in [0.2, 0.25) is 5.95 Å². The van der Waals surface area contributed by atoms with Crippen molar-refractivity contribution in [3.63, 3.8) is 0 Å². The van der Waals surface area contributed by atoms with Crippen LogP contribution in [0.5, 0.6) is 0 Å². The number of carbonyl (C=O) groups excluding carboxylic acids is 1. The standard InChI is InChI=1S/C18H29N5O/c1-11-9-12(5-6-17(11,2)3)21-15-13(14(19)24)10-20-16(22-15)23-18(4)7-8-18/h10-12H,5-9H2,1-4H3,(H2,19,24)(H2,20,21,22,23). The Hall–Kier alpha value is -1.85. The molecular weight excluding hydrogens is 302 g/mol. The minimum absolute atomic E-state index is 0.0921. The molecule has 24 heavy (non-hydrogen) atoms. The molecule has 3 rings (SSSR count). The summed E-state index contributed by atoms with van der Waals surface area (Å²) in [5.41, 5.74) is 6.32. The van der Waals surface area contributed by atoms with E-state index in [4.69, 9.17) is 5.73 Å². The number of hydrogen-bond acceptors (Lipinski definition) is 5. The van der Waals surface area contributed by atoms with Crippen LogP contribution in [0.3, 0.4) is 0 Å². The van der Waals surface area contributed by atoms with Crippen molar-refractivity contribution in [3.8, 4) is 0 Å². The van der Waals surface area contributed by atoms with Gasteiger partial charge in [0.15, 0.2) is 0 Å². The number of carbonyl (C=O) groups is 1. The topological polar surface area (TPSA) is 92.9 Å². The van der Waals surface area contributed by atoms with Crippen LogP contribution in [-0.4, -0.2) is 27.5 Å². The largest absolute Gasteiger partial charge is 0.366 e. The number of hydrogen-bond donors (Lipinski definition) is 3. The molecule has 2 unspecified atom stereocenters. The van der Waals surface area contributed by atoms with E-state index in [9.17, 15) is 4.79 Å². The predicted octanol–water partition coefficient (Wildman–Crippen LogP) is 3.17. The van der Waals surface area contributed by atoms with Gasteiger partial charge in [-0.15, -0.1) is 0 Å². The van der Waals surface area contributed by atoms with Gasteiger partial charge < -0.3 is 16.4 Å². The molecule has 2 aliphatic carbocycles. The average molecular weight is 331 g/mol. The molecule has 0 aliphatic heterocycles. The first kappa shape index (κ1) is 17.0. The number of primary amides is 1. The van der Waals surface area contributed by atoms with Gasteiger partial charge in [-0.05, 0) is 50.4 Å². The molecule has 0 saturated heterocycles. The maximum Gasteiger partial charge on any atom is 0.254 e. The molecule has 1 amide bonds. The van der Waals surface area contributed by atoms with Crippen molar-refractivity contribution in [3.05, 3.63) is 11.8 Å². The Labute approximate surface area is 144 Å². The second-order valence-corrected chi connectivity index (χ2v) is 8.51. The Morgan fingerprint density at radius 1 is 1.29 bits per heavy atom. The van der Waals surface area contributed by atoms with Crippen LogP contribution in [0.25, 0.3) is 0 Å². The van der Waals surface area contributed by atoms with Crippen LogP contribution in [0.4, 0.5) is 11.8 Å². The van der Waals surface area contributed by atoms with E-state index < -0.39 is 5.91 Å². The molecule has 2 atom stereocenters. The van der Waals surface area contributed by atoms with E-state index in [2.05, 4.69) is 48.3 Å². The minimum atomic E-state index is -0.495. The van der Waals surface area contributed by atoms with Crippen LogP contribution >= 0.6 is 0 Å². The van der Waals surface area contributed by atoms with E-state index in [0.29, 0.717) is 34.7 Å². The van der Waals surface area contributed by atoms with Gasteiger partial charge >= 0.3 is 0 Å². The predicted molar refractivity (Wildman–Crippen MR) is 96.0 cm³/mol. The van der Waals surface area contributed by atoms with E-state index in [1.165, 1.54) is 6.20 Å². The number of amides is 1. The number of rotatable bonds is 5. The first-order chi connectivity index (χ1) is 11.2. The summed E-state index contributed by atoms with van der Waals surface area (Å²) >= 11 is 0. The van der Waals surface area contributed by atoms with Crippen LogP contribution in [0.2, 0.25) is 0 Å². The lowest BCUT2D eigenvalue weighted by Crippen LogP contribution is -2.37. The van der Waals surface area contributed by atoms with Crippen molar-refractivity contribution < 1.29 is 4.79 Å². The maximum absolute atomic E-state index is 11.7. The summed E-state index contributed by atoms with van der Waals surface area (Å²) < 4.78 is 0. The summed E-state index contributed by atoms with van der Waals surface area (Å²) in [5.74, 6) is 1.24. The smallest absolute Gasteiger partial charge is 0.254 e. The Morgan fingerprint density at radius 3 is 2.58 bits per heavy atom. The summed E-state index contributed by atoms with van der Waals surface area (Å²) in [6.45, 7) is 9.09. The molecule has 2 saturated carbocycles. The third-order valence-corrected chi connectivity index (χ3v) is 5.92. The zero-order valence-corrected chi connectivity index (χ0v) is 15.1. The summed E-state index contributed by atoms with van der Waals surface area (Å²) in [5, 5.41) is 6.80. The normalized spacial score (nSPS) is 27.3. The fourth-order valence-corrected chi connectivity index (χ4v) is 3.30. The van der Waals surface area contributed by atoms with Gasteiger partial charge in [-0.2, -0.15) is 4.98 Å². The number of nitrogens with one attached hydrogen (secondary N) is 2. The van der Waals surface area contributed by atoms with Crippen LogP contribution in [0, 0.1) is 11.3 Å². The Balaban J connectivity index is 1.77. The fourth-order valence-electron chi connectivity index (χ4n) is 3.30. The van der Waals surface area contributed by atoms with E-state index in [0.717, 1.165) is 32.1 Å². The van der Waals surface area contributed by atoms with E-state index >= 15 is 0 Å². The first-order valence-corrected chi connectivity index (χ1v) is 8.90. The van der Waals surface area contributed by atoms with Crippen LogP contribution in [-0.2, 0) is 0 Å². The third kappa shape index (κ3) is 3.62. The van der Waals surface area contributed by atoms with Gasteiger partial charge in [-0.3, -0.25) is 4.79 Å². The minimum Gasteiger partial charge on any atom is -0.366 e. The zero-order valence-electron chi connectivity index (χ0n) is 15.1. The second-order valence-electron chi connectivity index (χ2n) is 8.51. The van der Waals surface area contributed by atoms with Crippen molar-refractivity contribution in [2.45, 2.75) is 71.4 Å². The average Bonchev–Trinajstić information content (AvgIpc) is 3.20. The Kier molecular flexibility index (Phi) is 4.18. The molecule has 2 aliphatic rings. The maximum atomic E-state index is 11.7. The molecule has 4 N–H and O–H groups in total. The number of aromatic nitrogens is 2. The van der Waals surface area contributed by atoms with Crippen molar-refractivity contribution in [2.75, 3.05) is 10.6 Å². The number of nitrogens with two attached hydrogens (primary N) is 1. The molecule has 1 heterocycles. The third-order valence-electron chi connectivity index (χ3n) is 5.92. The zero-order chi connectivity index (χ0) is 17.5. The summed E-state index contributed by atoms with van der Waals surface area (Å²) in [6.07, 6.45) is 7.06. The van der Waals surface area contributed by atoms with Gasteiger partial charge in [0.25, 0.3) is 5.91 Å². The molecule has 2 fully saturated rings. The van der Waals surface area contributed by atoms with E-state index in [1.54, 1.807) is 0 Å². The van der Waals surface area contributed by atoms with Crippen molar-refractivity contribution in [2.24, 2.45) is 17.1 Å². The summed E-state index contributed by atoms with van der Waals surface area (Å²) in [7, 11) is 0. The lowest BCUT2D eigenvalue weighted by molar-refractivity contribution is 0.1000. The molecule has 6 heteroatoms. The summed E-state index contributed by atoms with van der Waals surface area (Å²) in [6, 6.07) is 0.311. The Bertz CT molecular complexity index is 638. The Morgan fingerprint density at radius 2 is 2.00 bits per heavy atom. The van der Waals surface area contributed by atoms with Gasteiger partial charge in [0.1, 0.15) is 5.82 Å². The second kappa shape index (κ2) is 5.90. The molecule has 0 aromatic carbocycles. The highest BCUT2D eigenvalue weighted by Gasteiger charge is 2.38. The molecule has 132 valence electrons. The van der Waals surface area contributed by atoms with Crippen molar-refractivity contribution >= 4 is 17.7 Å². The highest BCUT2D eigenvalue weighted by atomic mass is 16.1. The molecule has 6 nitrogen and oxygen atoms in total. The van der Waals surface area contributed by atoms with Crippen LogP contribution in [0.15, 0.2) is 6.20 Å². The lowest BCUT2D eigenvalue weighted by Gasteiger charge is -2.40. The lowest BCUT2D eigenvalue weighted by atomic mass is 9.68. The van der Waals surface area contributed by atoms with Gasteiger partial charge in [-0.1, -0.05) is 20.8 Å². The molecule has 1 aromatic rings. The number of nitrogens with zero attached hydrogens (tertiary/aromatic N) is 2. The van der Waals surface area contributed by atoms with E-state index in [-0.39, 0.29) is 5.54 Å². The highest BCUT2D eigenvalue weighted by Crippen LogP contribution is 2.41. The summed E-state index contributed by atoms with van der Waals surface area (Å²) in [4.78, 5) is 20.5. The molecule has 0 radical (unpaired) electrons. The number of anilines is 2. The molecule has 1 aromatic heterocycles. The molecule has 0 spiro atoms.